The molecule has 1 fully saturated rings. The van der Waals surface area contributed by atoms with Gasteiger partial charge < -0.3 is 0 Å². The van der Waals surface area contributed by atoms with Crippen LogP contribution in [0.1, 0.15) is 0 Å². The summed E-state index contributed by atoms with van der Waals surface area (Å²) in [4.78, 5) is 0. The number of nitrogens with zero attached hydrogens (tertiary/aromatic N) is 1. The third-order valence-corrected chi connectivity index (χ3v) is 4.00. The molecule has 1 aliphatic heterocycles. The predicted molar refractivity (Wildman–Crippen MR) is 29.8 cm³/mol. The summed E-state index contributed by atoms with van der Waals surface area (Å²) in [6.45, 7) is 0. The molecule has 15 heavy (non-hydrogen) atoms. The lowest BCUT2D eigenvalue weighted by Gasteiger charge is -2.49. The maximum Gasteiger partial charge on any atom is 0.448 e. The SMILES string of the molecule is FC1C(F)(F)N(F)C(F)(F)S1(F)(F)(F)F. The highest BCUT2D eigenvalue weighted by Crippen LogP contribution is 3.09. The van der Waals surface area contributed by atoms with E-state index in [1.807, 2.05) is 0 Å². The second-order valence-electron chi connectivity index (χ2n) is 2.80. The molecule has 1 saturated heterocycles. The molecule has 0 spiro atoms. The van der Waals surface area contributed by atoms with Crippen molar-refractivity contribution >= 4 is 9.84 Å². The third kappa shape index (κ3) is 1.01. The van der Waals surface area contributed by atoms with Crippen LogP contribution in [0.3, 0.4) is 0 Å². The highest BCUT2D eigenvalue weighted by molar-refractivity contribution is 8.51. The molecule has 1 atom stereocenters. The number of alkyl halides is 5. The van der Waals surface area contributed by atoms with Crippen molar-refractivity contribution in [3.63, 3.8) is 0 Å². The fourth-order valence-corrected chi connectivity index (χ4v) is 2.21. The summed E-state index contributed by atoms with van der Waals surface area (Å²) in [5.74, 6) is 0. The molecule has 0 amide bonds. The molecule has 0 aromatic rings. The molecule has 1 nitrogen and oxygen atoms in total. The van der Waals surface area contributed by atoms with Crippen molar-refractivity contribution in [2.45, 2.75) is 16.9 Å². The van der Waals surface area contributed by atoms with Crippen molar-refractivity contribution in [2.75, 3.05) is 0 Å². The first-order valence-corrected chi connectivity index (χ1v) is 5.05. The van der Waals surface area contributed by atoms with Crippen LogP contribution in [0.25, 0.3) is 0 Å². The molecule has 0 aromatic heterocycles. The number of hydrogen-bond acceptors (Lipinski definition) is 1. The fourth-order valence-electron chi connectivity index (χ4n) is 0.840. The first-order chi connectivity index (χ1) is 6.09. The molecule has 0 N–H and O–H groups in total. The van der Waals surface area contributed by atoms with E-state index in [0.29, 0.717) is 0 Å². The summed E-state index contributed by atoms with van der Waals surface area (Å²) in [6.07, 6.45) is 0. The molecule has 0 bridgehead atoms. The minimum absolute atomic E-state index is 3.44. The van der Waals surface area contributed by atoms with Crippen LogP contribution >= 0.6 is 9.84 Å². The van der Waals surface area contributed by atoms with E-state index in [2.05, 4.69) is 0 Å². The van der Waals surface area contributed by atoms with Crippen LogP contribution in [0.15, 0.2) is 0 Å². The number of halogens is 10. The van der Waals surface area contributed by atoms with Gasteiger partial charge in [-0.1, -0.05) is 0 Å². The van der Waals surface area contributed by atoms with Crippen LogP contribution in [0.2, 0.25) is 0 Å². The standard InChI is InChI=1S/C3HF10NS/c4-1-2(5,6)14(9)3(7,8)15(1,10,11,12)13/h1H. The Bertz CT molecular complexity index is 314. The summed E-state index contributed by atoms with van der Waals surface area (Å²) in [6, 6.07) is -6.29. The average molecular weight is 273 g/mol. The van der Waals surface area contributed by atoms with Crippen LogP contribution in [0.4, 0.5) is 42.0 Å². The molecule has 1 heterocycles. The summed E-state index contributed by atoms with van der Waals surface area (Å²) >= 11 is 0. The topological polar surface area (TPSA) is 3.24 Å². The zero-order valence-corrected chi connectivity index (χ0v) is 7.03. The second kappa shape index (κ2) is 2.04. The van der Waals surface area contributed by atoms with Crippen molar-refractivity contribution in [3.05, 3.63) is 0 Å². The minimum Gasteiger partial charge on any atom is -0.220 e. The molecule has 0 radical (unpaired) electrons. The molecular formula is C3HF10NS. The van der Waals surface area contributed by atoms with E-state index in [1.165, 1.54) is 0 Å². The fraction of sp³-hybridized carbons (Fsp3) is 1.00. The summed E-state index contributed by atoms with van der Waals surface area (Å²) < 4.78 is 120. The van der Waals surface area contributed by atoms with E-state index in [0.717, 1.165) is 0 Å². The highest BCUT2D eigenvalue weighted by Gasteiger charge is 3.01. The quantitative estimate of drug-likeness (QED) is 0.366. The molecular weight excluding hydrogens is 272 g/mol. The first-order valence-electron chi connectivity index (χ1n) is 2.94. The zero-order valence-electron chi connectivity index (χ0n) is 6.21. The maximum absolute atomic E-state index is 12.1. The lowest BCUT2D eigenvalue weighted by Crippen LogP contribution is -2.42. The van der Waals surface area contributed by atoms with Crippen molar-refractivity contribution in [1.29, 1.82) is 0 Å². The molecule has 0 saturated carbocycles. The van der Waals surface area contributed by atoms with Gasteiger partial charge in [0.15, 0.2) is 0 Å². The van der Waals surface area contributed by atoms with Gasteiger partial charge in [-0.05, 0) is 0 Å². The van der Waals surface area contributed by atoms with Crippen LogP contribution in [0.5, 0.6) is 0 Å². The monoisotopic (exact) mass is 273 g/mol. The van der Waals surface area contributed by atoms with E-state index < -0.39 is 31.9 Å². The summed E-state index contributed by atoms with van der Waals surface area (Å²) in [7, 11) is -11.2. The maximum atomic E-state index is 12.1. The number of hydrogen-bond donors (Lipinski definition) is 0. The van der Waals surface area contributed by atoms with Crippen molar-refractivity contribution in [1.82, 2.24) is 5.12 Å². The van der Waals surface area contributed by atoms with Crippen molar-refractivity contribution in [2.24, 2.45) is 0 Å². The van der Waals surface area contributed by atoms with Gasteiger partial charge in [0.1, 0.15) is 0 Å². The molecule has 1 aliphatic rings. The van der Waals surface area contributed by atoms with Crippen LogP contribution < -0.4 is 0 Å². The molecule has 12 heteroatoms. The number of rotatable bonds is 0. The van der Waals surface area contributed by atoms with E-state index >= 15 is 0 Å². The first kappa shape index (κ1) is 12.7. The van der Waals surface area contributed by atoms with Gasteiger partial charge in [-0.15, -0.1) is 20.0 Å². The van der Waals surface area contributed by atoms with E-state index in [4.69, 9.17) is 0 Å². The van der Waals surface area contributed by atoms with Crippen molar-refractivity contribution < 1.29 is 42.0 Å². The molecule has 0 aliphatic carbocycles. The Morgan fingerprint density at radius 2 is 1.27 bits per heavy atom. The largest absolute Gasteiger partial charge is 0.448 e. The average Bonchev–Trinajstić information content (AvgIpc) is 2.02. The third-order valence-electron chi connectivity index (χ3n) is 1.69. The Kier molecular flexibility index (Phi) is 1.72. The zero-order chi connectivity index (χ0) is 12.6. The smallest absolute Gasteiger partial charge is 0.220 e. The van der Waals surface area contributed by atoms with Gasteiger partial charge in [0.2, 0.25) is 0 Å². The molecule has 0 aromatic carbocycles. The van der Waals surface area contributed by atoms with Gasteiger partial charge in [0.25, 0.3) is 15.3 Å². The Morgan fingerprint density at radius 1 is 0.933 bits per heavy atom. The highest BCUT2D eigenvalue weighted by atomic mass is 32.5. The van der Waals surface area contributed by atoms with Gasteiger partial charge in [-0.3, -0.25) is 0 Å². The van der Waals surface area contributed by atoms with Crippen molar-refractivity contribution in [3.8, 4) is 0 Å². The van der Waals surface area contributed by atoms with E-state index in [-0.39, 0.29) is 0 Å². The van der Waals surface area contributed by atoms with E-state index in [1.54, 1.807) is 0 Å². The molecule has 1 rings (SSSR count). The van der Waals surface area contributed by atoms with Gasteiger partial charge >= 0.3 is 11.4 Å². The second-order valence-corrected chi connectivity index (χ2v) is 5.97. The Balaban J connectivity index is 3.62. The van der Waals surface area contributed by atoms with Crippen LogP contribution in [0, 0.1) is 0 Å². The molecule has 1 unspecified atom stereocenters. The lowest BCUT2D eigenvalue weighted by atomic mass is 10.6. The Hall–Kier alpha value is -0.390. The molecule has 94 valence electrons. The van der Waals surface area contributed by atoms with Crippen LogP contribution in [-0.4, -0.2) is 22.1 Å². The van der Waals surface area contributed by atoms with Gasteiger partial charge in [-0.25, -0.2) is 4.39 Å². The van der Waals surface area contributed by atoms with Crippen LogP contribution in [-0.2, 0) is 0 Å². The Morgan fingerprint density at radius 3 is 1.33 bits per heavy atom. The minimum atomic E-state index is -11.2. The van der Waals surface area contributed by atoms with Gasteiger partial charge in [-0.2, -0.15) is 17.6 Å². The van der Waals surface area contributed by atoms with Gasteiger partial charge in [0.05, 0.1) is 0 Å². The van der Waals surface area contributed by atoms with E-state index in [9.17, 15) is 42.0 Å². The predicted octanol–water partition coefficient (Wildman–Crippen LogP) is 4.04. The lowest BCUT2D eigenvalue weighted by molar-refractivity contribution is -0.313. The van der Waals surface area contributed by atoms with Gasteiger partial charge in [0, 0.05) is 5.12 Å². The summed E-state index contributed by atoms with van der Waals surface area (Å²) in [5.41, 5.74) is -5.89. The normalized spacial score (nSPS) is 44.8. The Labute approximate surface area is 75.0 Å². The summed E-state index contributed by atoms with van der Waals surface area (Å²) in [5, 5.41) is -10.6.